The number of aliphatic hydroxyl groups is 1. The fourth-order valence-electron chi connectivity index (χ4n) is 2.90. The standard InChI is InChI=1S/C13H24N2O3/c16-8-11-4-2-1-3-10(11)7-14-13(17)15-12-5-6-18-9-12/h10-12,16H,1-9H2,(H2,14,15,17). The zero-order valence-corrected chi connectivity index (χ0v) is 10.9. The lowest BCUT2D eigenvalue weighted by Gasteiger charge is -2.30. The predicted molar refractivity (Wildman–Crippen MR) is 68.3 cm³/mol. The number of aliphatic hydroxyl groups excluding tert-OH is 1. The molecule has 0 aromatic heterocycles. The van der Waals surface area contributed by atoms with Gasteiger partial charge in [0.05, 0.1) is 12.6 Å². The quantitative estimate of drug-likeness (QED) is 0.699. The molecule has 3 unspecified atom stereocenters. The van der Waals surface area contributed by atoms with E-state index in [0.717, 1.165) is 25.9 Å². The minimum Gasteiger partial charge on any atom is -0.396 e. The zero-order chi connectivity index (χ0) is 12.8. The second-order valence-corrected chi connectivity index (χ2v) is 5.40. The van der Waals surface area contributed by atoms with Gasteiger partial charge in [-0.05, 0) is 31.1 Å². The van der Waals surface area contributed by atoms with Crippen LogP contribution in [0.3, 0.4) is 0 Å². The van der Waals surface area contributed by atoms with Gasteiger partial charge in [-0.25, -0.2) is 4.79 Å². The summed E-state index contributed by atoms with van der Waals surface area (Å²) in [6, 6.07) is 0.0535. The van der Waals surface area contributed by atoms with Crippen LogP contribution < -0.4 is 10.6 Å². The Hall–Kier alpha value is -0.810. The first-order valence-corrected chi connectivity index (χ1v) is 7.02. The molecule has 5 heteroatoms. The van der Waals surface area contributed by atoms with Gasteiger partial charge in [-0.1, -0.05) is 12.8 Å². The van der Waals surface area contributed by atoms with Crippen LogP contribution in [0.5, 0.6) is 0 Å². The molecule has 3 atom stereocenters. The average Bonchev–Trinajstić information content (AvgIpc) is 2.89. The maximum atomic E-state index is 11.7. The van der Waals surface area contributed by atoms with Crippen molar-refractivity contribution in [2.45, 2.75) is 38.1 Å². The number of amides is 2. The van der Waals surface area contributed by atoms with E-state index in [-0.39, 0.29) is 18.7 Å². The van der Waals surface area contributed by atoms with E-state index in [1.807, 2.05) is 0 Å². The molecule has 0 spiro atoms. The molecule has 2 fully saturated rings. The van der Waals surface area contributed by atoms with E-state index in [1.165, 1.54) is 12.8 Å². The van der Waals surface area contributed by atoms with Crippen molar-refractivity contribution in [1.29, 1.82) is 0 Å². The van der Waals surface area contributed by atoms with Gasteiger partial charge < -0.3 is 20.5 Å². The van der Waals surface area contributed by atoms with Crippen molar-refractivity contribution in [2.75, 3.05) is 26.4 Å². The van der Waals surface area contributed by atoms with Gasteiger partial charge in [0.25, 0.3) is 0 Å². The Bertz CT molecular complexity index is 267. The fourth-order valence-corrected chi connectivity index (χ4v) is 2.90. The van der Waals surface area contributed by atoms with E-state index in [2.05, 4.69) is 10.6 Å². The van der Waals surface area contributed by atoms with Crippen LogP contribution in [0.2, 0.25) is 0 Å². The molecule has 5 nitrogen and oxygen atoms in total. The van der Waals surface area contributed by atoms with Gasteiger partial charge in [-0.3, -0.25) is 0 Å². The second-order valence-electron chi connectivity index (χ2n) is 5.40. The van der Waals surface area contributed by atoms with E-state index in [0.29, 0.717) is 25.0 Å². The van der Waals surface area contributed by atoms with Gasteiger partial charge in [-0.2, -0.15) is 0 Å². The molecular formula is C13H24N2O3. The van der Waals surface area contributed by atoms with E-state index in [4.69, 9.17) is 4.74 Å². The van der Waals surface area contributed by atoms with Crippen LogP contribution in [0.4, 0.5) is 4.79 Å². The third-order valence-electron chi connectivity index (χ3n) is 4.09. The van der Waals surface area contributed by atoms with E-state index < -0.39 is 0 Å². The third kappa shape index (κ3) is 3.85. The van der Waals surface area contributed by atoms with Crippen LogP contribution in [0.25, 0.3) is 0 Å². The molecule has 2 amide bonds. The van der Waals surface area contributed by atoms with E-state index in [1.54, 1.807) is 0 Å². The summed E-state index contributed by atoms with van der Waals surface area (Å²) in [5.41, 5.74) is 0. The first kappa shape index (κ1) is 13.6. The normalized spacial score (nSPS) is 32.2. The van der Waals surface area contributed by atoms with Crippen LogP contribution in [0.15, 0.2) is 0 Å². The number of carbonyl (C=O) groups is 1. The van der Waals surface area contributed by atoms with Crippen molar-refractivity contribution in [1.82, 2.24) is 10.6 Å². The molecule has 0 bridgehead atoms. The van der Waals surface area contributed by atoms with Crippen LogP contribution in [0, 0.1) is 11.8 Å². The number of urea groups is 1. The summed E-state index contributed by atoms with van der Waals surface area (Å²) >= 11 is 0. The van der Waals surface area contributed by atoms with Crippen molar-refractivity contribution in [3.8, 4) is 0 Å². The zero-order valence-electron chi connectivity index (χ0n) is 10.9. The minimum atomic E-state index is -0.104. The Labute approximate surface area is 108 Å². The molecule has 0 aromatic carbocycles. The Morgan fingerprint density at radius 3 is 2.67 bits per heavy atom. The number of ether oxygens (including phenoxy) is 1. The van der Waals surface area contributed by atoms with Crippen LogP contribution in [-0.4, -0.2) is 43.5 Å². The second kappa shape index (κ2) is 6.95. The van der Waals surface area contributed by atoms with Crippen LogP contribution in [-0.2, 0) is 4.74 Å². The van der Waals surface area contributed by atoms with E-state index in [9.17, 15) is 9.90 Å². The van der Waals surface area contributed by atoms with E-state index >= 15 is 0 Å². The molecule has 1 aliphatic carbocycles. The molecule has 1 saturated heterocycles. The maximum Gasteiger partial charge on any atom is 0.315 e. The predicted octanol–water partition coefficient (Wildman–Crippen LogP) is 0.873. The monoisotopic (exact) mass is 256 g/mol. The number of carbonyl (C=O) groups excluding carboxylic acids is 1. The molecular weight excluding hydrogens is 232 g/mol. The van der Waals surface area contributed by atoms with Crippen molar-refractivity contribution in [2.24, 2.45) is 11.8 Å². The number of nitrogens with one attached hydrogen (secondary N) is 2. The molecule has 0 radical (unpaired) electrons. The Balaban J connectivity index is 1.67. The van der Waals surface area contributed by atoms with Crippen molar-refractivity contribution in [3.63, 3.8) is 0 Å². The fraction of sp³-hybridized carbons (Fsp3) is 0.923. The van der Waals surface area contributed by atoms with Gasteiger partial charge in [0.15, 0.2) is 0 Å². The maximum absolute atomic E-state index is 11.7. The smallest absolute Gasteiger partial charge is 0.315 e. The molecule has 3 N–H and O–H groups in total. The summed E-state index contributed by atoms with van der Waals surface area (Å²) < 4.78 is 5.21. The molecule has 2 rings (SSSR count). The summed E-state index contributed by atoms with van der Waals surface area (Å²) in [4.78, 5) is 11.7. The highest BCUT2D eigenvalue weighted by Gasteiger charge is 2.25. The molecule has 1 heterocycles. The third-order valence-corrected chi connectivity index (χ3v) is 4.09. The lowest BCUT2D eigenvalue weighted by molar-refractivity contribution is 0.133. The number of hydrogen-bond acceptors (Lipinski definition) is 3. The van der Waals surface area contributed by atoms with Gasteiger partial charge in [-0.15, -0.1) is 0 Å². The number of rotatable bonds is 4. The molecule has 104 valence electrons. The summed E-state index contributed by atoms with van der Waals surface area (Å²) in [5, 5.41) is 15.2. The summed E-state index contributed by atoms with van der Waals surface area (Å²) in [6.07, 6.45) is 5.50. The highest BCUT2D eigenvalue weighted by Crippen LogP contribution is 2.28. The largest absolute Gasteiger partial charge is 0.396 e. The molecule has 0 aromatic rings. The van der Waals surface area contributed by atoms with Crippen molar-refractivity contribution >= 4 is 6.03 Å². The van der Waals surface area contributed by atoms with Gasteiger partial charge in [0.1, 0.15) is 0 Å². The van der Waals surface area contributed by atoms with Gasteiger partial charge >= 0.3 is 6.03 Å². The highest BCUT2D eigenvalue weighted by molar-refractivity contribution is 5.74. The lowest BCUT2D eigenvalue weighted by Crippen LogP contribution is -2.45. The summed E-state index contributed by atoms with van der Waals surface area (Å²) in [7, 11) is 0. The lowest BCUT2D eigenvalue weighted by atomic mass is 9.80. The average molecular weight is 256 g/mol. The van der Waals surface area contributed by atoms with Crippen molar-refractivity contribution < 1.29 is 14.6 Å². The first-order valence-electron chi connectivity index (χ1n) is 7.02. The first-order chi connectivity index (χ1) is 8.79. The minimum absolute atomic E-state index is 0.104. The van der Waals surface area contributed by atoms with Crippen LogP contribution >= 0.6 is 0 Å². The topological polar surface area (TPSA) is 70.6 Å². The summed E-state index contributed by atoms with van der Waals surface area (Å²) in [5.74, 6) is 0.781. The van der Waals surface area contributed by atoms with Crippen molar-refractivity contribution in [3.05, 3.63) is 0 Å². The SMILES string of the molecule is O=C(NCC1CCCCC1CO)NC1CCOC1. The highest BCUT2D eigenvalue weighted by atomic mass is 16.5. The van der Waals surface area contributed by atoms with Gasteiger partial charge in [0.2, 0.25) is 0 Å². The summed E-state index contributed by atoms with van der Waals surface area (Å²) in [6.45, 7) is 2.27. The Morgan fingerprint density at radius 1 is 1.22 bits per heavy atom. The molecule has 18 heavy (non-hydrogen) atoms. The Kier molecular flexibility index (Phi) is 5.26. The molecule has 1 aliphatic heterocycles. The molecule has 2 aliphatic rings. The Morgan fingerprint density at radius 2 is 2.00 bits per heavy atom. The number of hydrogen-bond donors (Lipinski definition) is 3. The van der Waals surface area contributed by atoms with Crippen LogP contribution in [0.1, 0.15) is 32.1 Å². The molecule has 1 saturated carbocycles. The van der Waals surface area contributed by atoms with Gasteiger partial charge in [0, 0.05) is 19.8 Å².